The highest BCUT2D eigenvalue weighted by atomic mass is 32.2. The van der Waals surface area contributed by atoms with Crippen molar-refractivity contribution in [3.05, 3.63) is 100 Å². The van der Waals surface area contributed by atoms with Crippen LogP contribution < -0.4 is 10.5 Å². The Kier molecular flexibility index (Phi) is 9.64. The van der Waals surface area contributed by atoms with Crippen LogP contribution in [0.3, 0.4) is 0 Å². The first kappa shape index (κ1) is 31.0. The van der Waals surface area contributed by atoms with Crippen LogP contribution in [0, 0.1) is 11.6 Å². The van der Waals surface area contributed by atoms with Gasteiger partial charge in [0.1, 0.15) is 11.6 Å². The van der Waals surface area contributed by atoms with Crippen LogP contribution in [0.4, 0.5) is 14.5 Å². The molecule has 6 nitrogen and oxygen atoms in total. The van der Waals surface area contributed by atoms with E-state index >= 15 is 0 Å². The molecule has 1 unspecified atom stereocenters. The van der Waals surface area contributed by atoms with Crippen LogP contribution in [0.5, 0.6) is 0 Å². The summed E-state index contributed by atoms with van der Waals surface area (Å²) in [5, 5.41) is 0.585. The van der Waals surface area contributed by atoms with E-state index in [9.17, 15) is 18.4 Å². The van der Waals surface area contributed by atoms with Gasteiger partial charge in [-0.25, -0.2) is 13.8 Å². The number of anilines is 1. The van der Waals surface area contributed by atoms with Crippen molar-refractivity contribution in [1.29, 1.82) is 0 Å². The lowest BCUT2D eigenvalue weighted by molar-refractivity contribution is -0.131. The number of thioether (sulfide) groups is 1. The number of fused-ring (bicyclic) bond motifs is 1. The summed E-state index contributed by atoms with van der Waals surface area (Å²) in [4.78, 5) is 36.8. The lowest BCUT2D eigenvalue weighted by Crippen LogP contribution is -2.51. The fourth-order valence-corrected chi connectivity index (χ4v) is 7.46. The van der Waals surface area contributed by atoms with Gasteiger partial charge in [-0.2, -0.15) is 0 Å². The molecule has 1 aromatic heterocycles. The molecule has 1 fully saturated rings. The summed E-state index contributed by atoms with van der Waals surface area (Å²) in [5.74, 6) is -1.22. The van der Waals surface area contributed by atoms with Crippen LogP contribution in [-0.2, 0) is 4.79 Å². The molecule has 9 heteroatoms. The molecule has 1 saturated heterocycles. The fourth-order valence-electron chi connectivity index (χ4n) is 6.22. The summed E-state index contributed by atoms with van der Waals surface area (Å²) < 4.78 is 29.6. The number of benzene rings is 3. The standard InChI is InChI=1S/C36H38F2N4O2S/c1-2-3-16-33(35(44)41-21-19-40(20-22-41)32-18-17-27(37)24-30(32)38)45-36-39-31-15-8-7-14-29(31)34(43)42(36)28-13-9-12-26(23-28)25-10-5-4-6-11-25/h7-10,12-15,17-18,23-24,33H,2-6,11,16,19-22H2,1H3. The van der Waals surface area contributed by atoms with Crippen molar-refractivity contribution in [3.63, 3.8) is 0 Å². The van der Waals surface area contributed by atoms with E-state index in [1.807, 2.05) is 40.1 Å². The molecule has 2 heterocycles. The summed E-state index contributed by atoms with van der Waals surface area (Å²) >= 11 is 1.35. The van der Waals surface area contributed by atoms with Gasteiger partial charge >= 0.3 is 0 Å². The van der Waals surface area contributed by atoms with Gasteiger partial charge in [0.25, 0.3) is 5.56 Å². The molecule has 1 aliphatic carbocycles. The van der Waals surface area contributed by atoms with Gasteiger partial charge in [0.15, 0.2) is 5.16 Å². The number of aromatic nitrogens is 2. The minimum atomic E-state index is -0.612. The van der Waals surface area contributed by atoms with Crippen LogP contribution in [0.1, 0.15) is 57.4 Å². The van der Waals surface area contributed by atoms with Crippen molar-refractivity contribution >= 4 is 39.8 Å². The lowest BCUT2D eigenvalue weighted by atomic mass is 9.93. The van der Waals surface area contributed by atoms with Crippen LogP contribution in [0.2, 0.25) is 0 Å². The van der Waals surface area contributed by atoms with Gasteiger partial charge in [-0.3, -0.25) is 14.2 Å². The average molecular weight is 629 g/mol. The lowest BCUT2D eigenvalue weighted by Gasteiger charge is -2.37. The quantitative estimate of drug-likeness (QED) is 0.141. The molecule has 1 atom stereocenters. The molecule has 0 radical (unpaired) electrons. The molecule has 3 aromatic carbocycles. The molecule has 0 bridgehead atoms. The first-order chi connectivity index (χ1) is 21.9. The molecule has 0 spiro atoms. The maximum atomic E-state index is 14.4. The molecule has 234 valence electrons. The highest BCUT2D eigenvalue weighted by Crippen LogP contribution is 2.32. The second-order valence-corrected chi connectivity index (χ2v) is 12.9. The topological polar surface area (TPSA) is 58.4 Å². The summed E-state index contributed by atoms with van der Waals surface area (Å²) in [6.07, 6.45) is 9.15. The summed E-state index contributed by atoms with van der Waals surface area (Å²) in [6, 6.07) is 19.0. The molecular weight excluding hydrogens is 590 g/mol. The van der Waals surface area contributed by atoms with Gasteiger partial charge in [0.05, 0.1) is 27.5 Å². The Hall–Kier alpha value is -3.98. The number of hydrogen-bond acceptors (Lipinski definition) is 5. The van der Waals surface area contributed by atoms with E-state index in [1.165, 1.54) is 35.9 Å². The van der Waals surface area contributed by atoms with Crippen molar-refractivity contribution < 1.29 is 13.6 Å². The number of rotatable bonds is 9. The van der Waals surface area contributed by atoms with E-state index in [2.05, 4.69) is 25.1 Å². The van der Waals surface area contributed by atoms with Gasteiger partial charge in [-0.1, -0.05) is 61.9 Å². The van der Waals surface area contributed by atoms with Crippen molar-refractivity contribution in [2.75, 3.05) is 31.1 Å². The van der Waals surface area contributed by atoms with E-state index in [0.29, 0.717) is 54.3 Å². The number of hydrogen-bond donors (Lipinski definition) is 0. The summed E-state index contributed by atoms with van der Waals surface area (Å²) in [5.41, 5.74) is 3.93. The van der Waals surface area contributed by atoms with E-state index in [-0.39, 0.29) is 11.5 Å². The van der Waals surface area contributed by atoms with E-state index < -0.39 is 16.9 Å². The Morgan fingerprint density at radius 1 is 0.978 bits per heavy atom. The molecule has 4 aromatic rings. The van der Waals surface area contributed by atoms with E-state index in [4.69, 9.17) is 4.98 Å². The molecule has 2 aliphatic rings. The first-order valence-corrected chi connectivity index (χ1v) is 16.8. The molecular formula is C36H38F2N4O2S. The van der Waals surface area contributed by atoms with Crippen molar-refractivity contribution in [1.82, 2.24) is 14.5 Å². The number of piperazine rings is 1. The highest BCUT2D eigenvalue weighted by Gasteiger charge is 2.30. The van der Waals surface area contributed by atoms with E-state index in [1.54, 1.807) is 10.6 Å². The largest absolute Gasteiger partial charge is 0.366 e. The molecule has 1 amide bonds. The summed E-state index contributed by atoms with van der Waals surface area (Å²) in [7, 11) is 0. The van der Waals surface area contributed by atoms with Gasteiger partial charge in [0.2, 0.25) is 5.91 Å². The third kappa shape index (κ3) is 6.83. The molecule has 1 aliphatic heterocycles. The van der Waals surface area contributed by atoms with E-state index in [0.717, 1.165) is 49.4 Å². The Labute approximate surface area is 266 Å². The predicted molar refractivity (Wildman–Crippen MR) is 178 cm³/mol. The third-order valence-corrected chi connectivity index (χ3v) is 9.90. The first-order valence-electron chi connectivity index (χ1n) is 15.9. The zero-order valence-electron chi connectivity index (χ0n) is 25.6. The fraction of sp³-hybridized carbons (Fsp3) is 0.361. The van der Waals surface area contributed by atoms with Gasteiger partial charge in [-0.15, -0.1) is 0 Å². The maximum absolute atomic E-state index is 14.4. The predicted octanol–water partition coefficient (Wildman–Crippen LogP) is 7.62. The molecule has 45 heavy (non-hydrogen) atoms. The Bertz CT molecular complexity index is 1780. The normalized spacial score (nSPS) is 16.1. The monoisotopic (exact) mass is 628 g/mol. The van der Waals surface area contributed by atoms with Crippen molar-refractivity contribution in [2.24, 2.45) is 0 Å². The van der Waals surface area contributed by atoms with Crippen molar-refractivity contribution in [3.8, 4) is 5.69 Å². The Morgan fingerprint density at radius 3 is 2.56 bits per heavy atom. The van der Waals surface area contributed by atoms with Crippen LogP contribution in [0.25, 0.3) is 22.2 Å². The number of halogens is 2. The van der Waals surface area contributed by atoms with Crippen LogP contribution in [-0.4, -0.2) is 51.8 Å². The highest BCUT2D eigenvalue weighted by molar-refractivity contribution is 8.00. The van der Waals surface area contributed by atoms with Crippen molar-refractivity contribution in [2.45, 2.75) is 62.3 Å². The van der Waals surface area contributed by atoms with Crippen LogP contribution in [0.15, 0.2) is 82.8 Å². The van der Waals surface area contributed by atoms with Crippen LogP contribution >= 0.6 is 11.8 Å². The molecule has 6 rings (SSSR count). The second kappa shape index (κ2) is 14.0. The number of carbonyl (C=O) groups is 1. The smallest absolute Gasteiger partial charge is 0.266 e. The number of nitrogens with zero attached hydrogens (tertiary/aromatic N) is 4. The zero-order chi connectivity index (χ0) is 31.3. The second-order valence-electron chi connectivity index (χ2n) is 11.7. The van der Waals surface area contributed by atoms with Gasteiger partial charge in [-0.05, 0) is 79.6 Å². The Morgan fingerprint density at radius 2 is 1.80 bits per heavy atom. The number of amides is 1. The SMILES string of the molecule is CCCCC(Sc1nc2ccccc2c(=O)n1-c1cccc(C2=CCCCC2)c1)C(=O)N1CCN(c2ccc(F)cc2F)CC1. The number of para-hydroxylation sites is 1. The third-order valence-electron chi connectivity index (χ3n) is 8.70. The Balaban J connectivity index is 1.31. The van der Waals surface area contributed by atoms with Gasteiger partial charge in [0, 0.05) is 32.2 Å². The molecule has 0 N–H and O–H groups in total. The minimum absolute atomic E-state index is 0.0113. The number of carbonyl (C=O) groups excluding carboxylic acids is 1. The number of allylic oxidation sites excluding steroid dienone is 2. The van der Waals surface area contributed by atoms with Gasteiger partial charge < -0.3 is 9.80 Å². The average Bonchev–Trinajstić information content (AvgIpc) is 3.07. The minimum Gasteiger partial charge on any atom is -0.366 e. The molecule has 0 saturated carbocycles. The number of unbranched alkanes of at least 4 members (excludes halogenated alkanes) is 1. The maximum Gasteiger partial charge on any atom is 0.266 e. The summed E-state index contributed by atoms with van der Waals surface area (Å²) in [6.45, 7) is 3.84. The zero-order valence-corrected chi connectivity index (χ0v) is 26.4.